The van der Waals surface area contributed by atoms with Crippen LogP contribution in [0.1, 0.15) is 21.7 Å². The molecule has 0 aliphatic heterocycles. The summed E-state index contributed by atoms with van der Waals surface area (Å²) in [4.78, 5) is 22.7. The van der Waals surface area contributed by atoms with Gasteiger partial charge in [0, 0.05) is 38.3 Å². The molecule has 0 spiro atoms. The summed E-state index contributed by atoms with van der Waals surface area (Å²) in [5, 5.41) is 2.00. The lowest BCUT2D eigenvalue weighted by Crippen LogP contribution is -2.31. The highest BCUT2D eigenvalue weighted by Gasteiger charge is 2.23. The van der Waals surface area contributed by atoms with E-state index in [2.05, 4.69) is 22.0 Å². The quantitative estimate of drug-likeness (QED) is 0.364. The molecule has 0 unspecified atom stereocenters. The van der Waals surface area contributed by atoms with Crippen molar-refractivity contribution in [2.45, 2.75) is 13.0 Å². The predicted octanol–water partition coefficient (Wildman–Crippen LogP) is 4.22. The lowest BCUT2D eigenvalue weighted by molar-refractivity contribution is 0.0789. The zero-order chi connectivity index (χ0) is 22.3. The molecule has 2 aromatic heterocycles. The molecule has 166 valence electrons. The molecule has 0 radical (unpaired) electrons. The average Bonchev–Trinajstić information content (AvgIpc) is 3.41. The first-order valence-electron chi connectivity index (χ1n) is 10.7. The Morgan fingerprint density at radius 2 is 1.75 bits per heavy atom. The molecule has 2 heterocycles. The third-order valence-electron chi connectivity index (χ3n) is 5.39. The molecule has 4 rings (SSSR count). The number of benzene rings is 2. The second-order valence-electron chi connectivity index (χ2n) is 7.82. The van der Waals surface area contributed by atoms with Crippen LogP contribution in [-0.2, 0) is 13.0 Å². The van der Waals surface area contributed by atoms with E-state index in [9.17, 15) is 4.79 Å². The van der Waals surface area contributed by atoms with Gasteiger partial charge in [-0.25, -0.2) is 4.98 Å². The van der Waals surface area contributed by atoms with E-state index in [1.54, 1.807) is 16.2 Å². The van der Waals surface area contributed by atoms with E-state index in [0.29, 0.717) is 25.4 Å². The molecule has 7 heteroatoms. The van der Waals surface area contributed by atoms with Crippen LogP contribution >= 0.6 is 11.3 Å². The van der Waals surface area contributed by atoms with Crippen LogP contribution in [0.2, 0.25) is 0 Å². The van der Waals surface area contributed by atoms with E-state index in [0.717, 1.165) is 29.4 Å². The van der Waals surface area contributed by atoms with Gasteiger partial charge in [0.1, 0.15) is 12.4 Å². The smallest absolute Gasteiger partial charge is 0.274 e. The summed E-state index contributed by atoms with van der Waals surface area (Å²) < 4.78 is 7.85. The standard InChI is InChI=1S/C25H28N4O2S/c1-27(15-17-31-21-11-7-4-8-12-21)19-22-23(26-25-29(22)16-18-32-25)24(30)28(2)14-13-20-9-5-3-6-10-20/h3-12,16,18H,13-15,17,19H2,1-2H3. The largest absolute Gasteiger partial charge is 0.492 e. The van der Waals surface area contributed by atoms with Gasteiger partial charge in [-0.05, 0) is 31.2 Å². The molecular formula is C25H28N4O2S. The van der Waals surface area contributed by atoms with Crippen molar-refractivity contribution < 1.29 is 9.53 Å². The second kappa shape index (κ2) is 10.4. The first-order valence-corrected chi connectivity index (χ1v) is 11.6. The molecule has 0 aliphatic carbocycles. The molecule has 0 saturated carbocycles. The van der Waals surface area contributed by atoms with Crippen LogP contribution in [-0.4, -0.2) is 58.9 Å². The zero-order valence-electron chi connectivity index (χ0n) is 18.5. The first-order chi connectivity index (χ1) is 15.6. The molecule has 32 heavy (non-hydrogen) atoms. The van der Waals surface area contributed by atoms with Gasteiger partial charge in [0.05, 0.1) is 5.69 Å². The number of thiazole rings is 1. The molecule has 4 aromatic rings. The van der Waals surface area contributed by atoms with Gasteiger partial charge in [0.2, 0.25) is 0 Å². The Balaban J connectivity index is 1.41. The third kappa shape index (κ3) is 5.36. The molecule has 0 aliphatic rings. The van der Waals surface area contributed by atoms with Gasteiger partial charge in [0.25, 0.3) is 5.91 Å². The summed E-state index contributed by atoms with van der Waals surface area (Å²) in [6.07, 6.45) is 2.80. The number of fused-ring (bicyclic) bond motifs is 1. The molecule has 0 atom stereocenters. The van der Waals surface area contributed by atoms with Crippen LogP contribution in [0.25, 0.3) is 4.96 Å². The van der Waals surface area contributed by atoms with E-state index < -0.39 is 0 Å². The van der Waals surface area contributed by atoms with Crippen LogP contribution in [0.15, 0.2) is 72.2 Å². The highest BCUT2D eigenvalue weighted by atomic mass is 32.1. The fourth-order valence-electron chi connectivity index (χ4n) is 3.55. The Hall–Kier alpha value is -3.16. The maximum absolute atomic E-state index is 13.2. The minimum atomic E-state index is -0.0410. The Kier molecular flexibility index (Phi) is 7.19. The Labute approximate surface area is 192 Å². The van der Waals surface area contributed by atoms with E-state index in [4.69, 9.17) is 4.74 Å². The number of rotatable bonds is 10. The molecule has 0 N–H and O–H groups in total. The van der Waals surface area contributed by atoms with Crippen LogP contribution in [0, 0.1) is 0 Å². The minimum Gasteiger partial charge on any atom is -0.492 e. The normalized spacial score (nSPS) is 11.2. The number of nitrogens with zero attached hydrogens (tertiary/aromatic N) is 4. The summed E-state index contributed by atoms with van der Waals surface area (Å²) in [5.41, 5.74) is 2.67. The van der Waals surface area contributed by atoms with Gasteiger partial charge >= 0.3 is 0 Å². The number of likely N-dealkylation sites (N-methyl/N-ethyl adjacent to an activating group) is 2. The highest BCUT2D eigenvalue weighted by molar-refractivity contribution is 7.15. The predicted molar refractivity (Wildman–Crippen MR) is 128 cm³/mol. The minimum absolute atomic E-state index is 0.0410. The van der Waals surface area contributed by atoms with Crippen LogP contribution in [0.5, 0.6) is 5.75 Å². The summed E-state index contributed by atoms with van der Waals surface area (Å²) in [5.74, 6) is 0.821. The lowest BCUT2D eigenvalue weighted by atomic mass is 10.1. The highest BCUT2D eigenvalue weighted by Crippen LogP contribution is 2.20. The van der Waals surface area contributed by atoms with Crippen molar-refractivity contribution in [3.05, 3.63) is 89.2 Å². The van der Waals surface area contributed by atoms with E-state index >= 15 is 0 Å². The number of carbonyl (C=O) groups is 1. The lowest BCUT2D eigenvalue weighted by Gasteiger charge is -2.20. The Bertz CT molecular complexity index is 1140. The number of ether oxygens (including phenoxy) is 1. The monoisotopic (exact) mass is 448 g/mol. The van der Waals surface area contributed by atoms with Crippen molar-refractivity contribution in [1.29, 1.82) is 0 Å². The number of hydrogen-bond acceptors (Lipinski definition) is 5. The first kappa shape index (κ1) is 22.0. The summed E-state index contributed by atoms with van der Waals surface area (Å²) >= 11 is 1.54. The van der Waals surface area contributed by atoms with Crippen LogP contribution in [0.3, 0.4) is 0 Å². The van der Waals surface area contributed by atoms with E-state index in [1.807, 2.05) is 78.6 Å². The third-order valence-corrected chi connectivity index (χ3v) is 6.15. The topological polar surface area (TPSA) is 50.1 Å². The maximum Gasteiger partial charge on any atom is 0.274 e. The van der Waals surface area contributed by atoms with Gasteiger partial charge in [-0.15, -0.1) is 11.3 Å². The maximum atomic E-state index is 13.2. The molecule has 2 aromatic carbocycles. The molecule has 1 amide bonds. The molecule has 0 fully saturated rings. The fourth-order valence-corrected chi connectivity index (χ4v) is 4.28. The Morgan fingerprint density at radius 1 is 1.03 bits per heavy atom. The number of aromatic nitrogens is 2. The van der Waals surface area contributed by atoms with Crippen molar-refractivity contribution >= 4 is 22.2 Å². The number of amides is 1. The zero-order valence-corrected chi connectivity index (χ0v) is 19.3. The van der Waals surface area contributed by atoms with E-state index in [1.165, 1.54) is 5.56 Å². The fraction of sp³-hybridized carbons (Fsp3) is 0.280. The molecule has 0 bridgehead atoms. The van der Waals surface area contributed by atoms with Gasteiger partial charge < -0.3 is 9.64 Å². The van der Waals surface area contributed by atoms with Crippen molar-refractivity contribution in [2.24, 2.45) is 0 Å². The van der Waals surface area contributed by atoms with Crippen LogP contribution < -0.4 is 4.74 Å². The second-order valence-corrected chi connectivity index (χ2v) is 8.70. The van der Waals surface area contributed by atoms with Crippen molar-refractivity contribution in [3.8, 4) is 5.75 Å². The van der Waals surface area contributed by atoms with Gasteiger partial charge in [-0.3, -0.25) is 14.1 Å². The van der Waals surface area contributed by atoms with Gasteiger partial charge in [-0.2, -0.15) is 0 Å². The van der Waals surface area contributed by atoms with E-state index in [-0.39, 0.29) is 5.91 Å². The number of para-hydroxylation sites is 1. The van der Waals surface area contributed by atoms with Crippen LogP contribution in [0.4, 0.5) is 0 Å². The number of imidazole rings is 1. The van der Waals surface area contributed by atoms with Gasteiger partial charge in [-0.1, -0.05) is 48.5 Å². The van der Waals surface area contributed by atoms with Crippen molar-refractivity contribution in [1.82, 2.24) is 19.2 Å². The molecular weight excluding hydrogens is 420 g/mol. The summed E-state index contributed by atoms with van der Waals surface area (Å²) in [7, 11) is 3.88. The van der Waals surface area contributed by atoms with Gasteiger partial charge in [0.15, 0.2) is 10.7 Å². The van der Waals surface area contributed by atoms with Crippen molar-refractivity contribution in [2.75, 3.05) is 33.8 Å². The SMILES string of the molecule is CN(CCOc1ccccc1)Cc1c(C(=O)N(C)CCc2ccccc2)nc2sccn12. The Morgan fingerprint density at radius 3 is 2.50 bits per heavy atom. The summed E-state index contributed by atoms with van der Waals surface area (Å²) in [6.45, 7) is 2.58. The molecule has 6 nitrogen and oxygen atoms in total. The number of carbonyl (C=O) groups excluding carboxylic acids is 1. The average molecular weight is 449 g/mol. The van der Waals surface area contributed by atoms with Crippen molar-refractivity contribution in [3.63, 3.8) is 0 Å². The number of hydrogen-bond donors (Lipinski definition) is 0. The molecule has 0 saturated heterocycles. The summed E-state index contributed by atoms with van der Waals surface area (Å²) in [6, 6.07) is 20.0.